The summed E-state index contributed by atoms with van der Waals surface area (Å²) in [4.78, 5) is 0. The molecule has 0 saturated carbocycles. The molecule has 0 aromatic heterocycles. The maximum atomic E-state index is 2.30. The predicted octanol–water partition coefficient (Wildman–Crippen LogP) is 11.5. The number of thioether (sulfide) groups is 2. The molecule has 0 amide bonds. The zero-order valence-electron chi connectivity index (χ0n) is 21.9. The highest BCUT2D eigenvalue weighted by atomic mass is 32.2. The van der Waals surface area contributed by atoms with Crippen LogP contribution in [0.3, 0.4) is 0 Å². The molecule has 0 aliphatic carbocycles. The van der Waals surface area contributed by atoms with E-state index in [2.05, 4.69) is 37.4 Å². The van der Waals surface area contributed by atoms with Crippen molar-refractivity contribution >= 4 is 23.5 Å². The number of hydrogen-bond donors (Lipinski definition) is 0. The Labute approximate surface area is 207 Å². The fourth-order valence-electron chi connectivity index (χ4n) is 4.17. The van der Waals surface area contributed by atoms with Crippen LogP contribution >= 0.6 is 23.5 Å². The lowest BCUT2D eigenvalue weighted by molar-refractivity contribution is 0.574. The van der Waals surface area contributed by atoms with Crippen molar-refractivity contribution in [2.45, 2.75) is 162 Å². The number of unbranched alkanes of at least 4 members (excludes halogenated alkanes) is 20. The van der Waals surface area contributed by atoms with Gasteiger partial charge in [-0.25, -0.2) is 0 Å². The van der Waals surface area contributed by atoms with Gasteiger partial charge in [0.25, 0.3) is 0 Å². The second kappa shape index (κ2) is 30.7. The van der Waals surface area contributed by atoms with Gasteiger partial charge in [0, 0.05) is 0 Å². The van der Waals surface area contributed by atoms with Gasteiger partial charge in [-0.2, -0.15) is 23.5 Å². The molecule has 0 unspecified atom stereocenters. The standard InChI is InChI=1S/C29H60S2/c1-3-5-7-9-14-18-22-26-30-28-24-20-16-12-11-13-17-21-25-29-31-27-23-19-15-10-8-6-4-2/h3-29H2,1-2H3. The largest absolute Gasteiger partial charge is 0.162 e. The smallest absolute Gasteiger partial charge is 0.00675 e. The SMILES string of the molecule is CCCCCCCCCSCCCCCCCCCCCSCCCCCCCCC. The van der Waals surface area contributed by atoms with Gasteiger partial charge in [0.1, 0.15) is 0 Å². The Balaban J connectivity index is 2.98. The van der Waals surface area contributed by atoms with Crippen molar-refractivity contribution in [3.63, 3.8) is 0 Å². The molecule has 0 aromatic carbocycles. The van der Waals surface area contributed by atoms with Crippen LogP contribution < -0.4 is 0 Å². The third kappa shape index (κ3) is 30.7. The summed E-state index contributed by atoms with van der Waals surface area (Å²) >= 11 is 4.42. The molecule has 0 aliphatic rings. The molecule has 0 rings (SSSR count). The molecule has 0 fully saturated rings. The summed E-state index contributed by atoms with van der Waals surface area (Å²) in [6.45, 7) is 4.60. The minimum absolute atomic E-state index is 1.37. The van der Waals surface area contributed by atoms with Gasteiger partial charge in [0.15, 0.2) is 0 Å². The normalized spacial score (nSPS) is 11.4. The minimum Gasteiger partial charge on any atom is -0.162 e. The fraction of sp³-hybridized carbons (Fsp3) is 1.00. The zero-order valence-corrected chi connectivity index (χ0v) is 23.5. The molecule has 2 heteroatoms. The summed E-state index contributed by atoms with van der Waals surface area (Å²) in [5.74, 6) is 5.63. The molecule has 0 spiro atoms. The van der Waals surface area contributed by atoms with E-state index in [4.69, 9.17) is 0 Å². The average Bonchev–Trinajstić information content (AvgIpc) is 2.78. The van der Waals surface area contributed by atoms with E-state index in [1.165, 1.54) is 171 Å². The van der Waals surface area contributed by atoms with Crippen LogP contribution in [0.15, 0.2) is 0 Å². The Hall–Kier alpha value is 0.700. The molecule has 0 aliphatic heterocycles. The van der Waals surface area contributed by atoms with E-state index < -0.39 is 0 Å². The molecule has 0 aromatic rings. The highest BCUT2D eigenvalue weighted by Gasteiger charge is 1.96. The van der Waals surface area contributed by atoms with Crippen molar-refractivity contribution in [3.8, 4) is 0 Å². The monoisotopic (exact) mass is 472 g/mol. The van der Waals surface area contributed by atoms with Gasteiger partial charge >= 0.3 is 0 Å². The number of hydrogen-bond acceptors (Lipinski definition) is 2. The van der Waals surface area contributed by atoms with E-state index >= 15 is 0 Å². The first-order valence-electron chi connectivity index (χ1n) is 14.6. The van der Waals surface area contributed by atoms with Gasteiger partial charge in [-0.3, -0.25) is 0 Å². The maximum Gasteiger partial charge on any atom is -0.00675 e. The van der Waals surface area contributed by atoms with E-state index in [1.807, 2.05) is 0 Å². The molecule has 0 heterocycles. The van der Waals surface area contributed by atoms with Gasteiger partial charge in [-0.1, -0.05) is 136 Å². The van der Waals surface area contributed by atoms with Gasteiger partial charge in [0.2, 0.25) is 0 Å². The van der Waals surface area contributed by atoms with Crippen molar-refractivity contribution in [1.29, 1.82) is 0 Å². The second-order valence-electron chi connectivity index (χ2n) is 9.65. The Kier molecular flexibility index (Phi) is 31.4. The minimum atomic E-state index is 1.37. The highest BCUT2D eigenvalue weighted by molar-refractivity contribution is 7.99. The number of rotatable bonds is 28. The molecule has 0 nitrogen and oxygen atoms in total. The quantitative estimate of drug-likeness (QED) is 0.104. The molecular weight excluding hydrogens is 412 g/mol. The Bertz CT molecular complexity index is 264. The lowest BCUT2D eigenvalue weighted by Gasteiger charge is -2.04. The van der Waals surface area contributed by atoms with Gasteiger partial charge in [-0.15, -0.1) is 0 Å². The van der Waals surface area contributed by atoms with Crippen LogP contribution in [-0.2, 0) is 0 Å². The topological polar surface area (TPSA) is 0 Å². The van der Waals surface area contributed by atoms with E-state index in [-0.39, 0.29) is 0 Å². The Morgan fingerprint density at radius 1 is 0.258 bits per heavy atom. The van der Waals surface area contributed by atoms with E-state index in [1.54, 1.807) is 0 Å². The molecule has 31 heavy (non-hydrogen) atoms. The van der Waals surface area contributed by atoms with Gasteiger partial charge < -0.3 is 0 Å². The van der Waals surface area contributed by atoms with Gasteiger partial charge in [0.05, 0.1) is 0 Å². The predicted molar refractivity (Wildman–Crippen MR) is 152 cm³/mol. The van der Waals surface area contributed by atoms with Crippen LogP contribution in [0.4, 0.5) is 0 Å². The summed E-state index contributed by atoms with van der Waals surface area (Å²) in [7, 11) is 0. The van der Waals surface area contributed by atoms with E-state index in [9.17, 15) is 0 Å². The second-order valence-corrected chi connectivity index (χ2v) is 12.1. The first-order valence-corrected chi connectivity index (χ1v) is 16.9. The summed E-state index contributed by atoms with van der Waals surface area (Å²) in [5.41, 5.74) is 0. The highest BCUT2D eigenvalue weighted by Crippen LogP contribution is 2.16. The molecule has 188 valence electrons. The van der Waals surface area contributed by atoms with Crippen molar-refractivity contribution < 1.29 is 0 Å². The zero-order chi connectivity index (χ0) is 22.5. The van der Waals surface area contributed by atoms with Crippen LogP contribution in [0, 0.1) is 0 Å². The average molecular weight is 473 g/mol. The fourth-order valence-corrected chi connectivity index (χ4v) is 6.21. The van der Waals surface area contributed by atoms with Crippen molar-refractivity contribution in [2.24, 2.45) is 0 Å². The lowest BCUT2D eigenvalue weighted by atomic mass is 10.1. The van der Waals surface area contributed by atoms with Crippen LogP contribution in [0.25, 0.3) is 0 Å². The summed E-state index contributed by atoms with van der Waals surface area (Å²) in [5, 5.41) is 0. The maximum absolute atomic E-state index is 2.30. The first-order chi connectivity index (χ1) is 15.4. The lowest BCUT2D eigenvalue weighted by Crippen LogP contribution is -1.88. The Morgan fingerprint density at radius 3 is 0.677 bits per heavy atom. The molecule has 0 atom stereocenters. The first kappa shape index (κ1) is 31.7. The van der Waals surface area contributed by atoms with Gasteiger partial charge in [-0.05, 0) is 48.7 Å². The van der Waals surface area contributed by atoms with Crippen molar-refractivity contribution in [2.75, 3.05) is 23.0 Å². The molecule has 0 saturated heterocycles. The summed E-state index contributed by atoms with van der Waals surface area (Å²) in [6, 6.07) is 0. The molecule has 0 bridgehead atoms. The van der Waals surface area contributed by atoms with E-state index in [0.29, 0.717) is 0 Å². The summed E-state index contributed by atoms with van der Waals surface area (Å²) < 4.78 is 0. The van der Waals surface area contributed by atoms with Crippen LogP contribution in [0.1, 0.15) is 162 Å². The molecular formula is C29H60S2. The van der Waals surface area contributed by atoms with Crippen LogP contribution in [-0.4, -0.2) is 23.0 Å². The molecule has 0 N–H and O–H groups in total. The molecule has 0 radical (unpaired) electrons. The van der Waals surface area contributed by atoms with Crippen molar-refractivity contribution in [1.82, 2.24) is 0 Å². The van der Waals surface area contributed by atoms with Crippen LogP contribution in [0.2, 0.25) is 0 Å². The third-order valence-electron chi connectivity index (χ3n) is 6.36. The van der Waals surface area contributed by atoms with E-state index in [0.717, 1.165) is 0 Å². The van der Waals surface area contributed by atoms with Crippen LogP contribution in [0.5, 0.6) is 0 Å². The Morgan fingerprint density at radius 2 is 0.452 bits per heavy atom. The van der Waals surface area contributed by atoms with Crippen molar-refractivity contribution in [3.05, 3.63) is 0 Å². The third-order valence-corrected chi connectivity index (χ3v) is 8.67. The summed E-state index contributed by atoms with van der Waals surface area (Å²) in [6.07, 6.45) is 33.5.